The summed E-state index contributed by atoms with van der Waals surface area (Å²) in [6.45, 7) is 0. The van der Waals surface area contributed by atoms with Crippen molar-refractivity contribution in [2.45, 2.75) is 0 Å². The summed E-state index contributed by atoms with van der Waals surface area (Å²) in [4.78, 5) is 7.96. The Kier molecular flexibility index (Phi) is 1.87. The molecule has 60 valence electrons. The summed E-state index contributed by atoms with van der Waals surface area (Å²) in [6, 6.07) is 3.64. The minimum atomic E-state index is 0.752. The molecule has 0 atom stereocenters. The van der Waals surface area contributed by atoms with Crippen molar-refractivity contribution in [3.05, 3.63) is 35.5 Å². The molecule has 2 rings (SSSR count). The van der Waals surface area contributed by atoms with Gasteiger partial charge in [-0.3, -0.25) is 0 Å². The lowest BCUT2D eigenvalue weighted by molar-refractivity contribution is 0.837. The molecule has 0 aliphatic carbocycles. The van der Waals surface area contributed by atoms with Crippen LogP contribution in [0.15, 0.2) is 35.5 Å². The summed E-state index contributed by atoms with van der Waals surface area (Å²) in [7, 11) is 0. The Hall–Kier alpha value is -1.23. The van der Waals surface area contributed by atoms with Crippen LogP contribution in [-0.4, -0.2) is 19.7 Å². The Morgan fingerprint density at radius 1 is 1.33 bits per heavy atom. The van der Waals surface area contributed by atoms with Crippen LogP contribution in [0.1, 0.15) is 0 Å². The van der Waals surface area contributed by atoms with Gasteiger partial charge in [0, 0.05) is 18.5 Å². The van der Waals surface area contributed by atoms with Crippen molar-refractivity contribution in [3.63, 3.8) is 0 Å². The summed E-state index contributed by atoms with van der Waals surface area (Å²) in [5, 5.41) is 4.03. The van der Waals surface area contributed by atoms with E-state index >= 15 is 0 Å². The summed E-state index contributed by atoms with van der Waals surface area (Å²) < 4.78 is 2.43. The zero-order valence-corrected chi connectivity index (χ0v) is 7.64. The van der Waals surface area contributed by atoms with Crippen LogP contribution >= 0.6 is 15.9 Å². The first-order valence-corrected chi connectivity index (χ1v) is 4.13. The first-order chi connectivity index (χ1) is 5.86. The Bertz CT molecular complexity index is 371. The second-order valence-electron chi connectivity index (χ2n) is 2.15. The number of aromatic nitrogens is 4. The van der Waals surface area contributed by atoms with Gasteiger partial charge >= 0.3 is 0 Å². The highest BCUT2D eigenvalue weighted by Gasteiger charge is 1.97. The second-order valence-corrected chi connectivity index (χ2v) is 2.96. The highest BCUT2D eigenvalue weighted by atomic mass is 79.9. The number of hydrogen-bond donors (Lipinski definition) is 0. The molecule has 0 saturated carbocycles. The minimum absolute atomic E-state index is 0.752. The fourth-order valence-corrected chi connectivity index (χ4v) is 1.15. The lowest BCUT2D eigenvalue weighted by Crippen LogP contribution is -1.97. The van der Waals surface area contributed by atoms with E-state index in [-0.39, 0.29) is 0 Å². The third-order valence-electron chi connectivity index (χ3n) is 1.36. The maximum Gasteiger partial charge on any atom is 0.157 e. The zero-order chi connectivity index (χ0) is 8.39. The Balaban J connectivity index is 2.48. The van der Waals surface area contributed by atoms with Crippen LogP contribution in [0.5, 0.6) is 0 Å². The standard InChI is InChI=1S/C7H5BrN4/c8-6-4-7(10-5-9-6)12-3-1-2-11-12/h1-5H. The molecular weight excluding hydrogens is 220 g/mol. The van der Waals surface area contributed by atoms with Gasteiger partial charge in [0.25, 0.3) is 0 Å². The van der Waals surface area contributed by atoms with Gasteiger partial charge in [0.1, 0.15) is 10.9 Å². The Morgan fingerprint density at radius 3 is 2.92 bits per heavy atom. The second kappa shape index (κ2) is 3.02. The lowest BCUT2D eigenvalue weighted by atomic mass is 10.6. The molecule has 2 heterocycles. The monoisotopic (exact) mass is 224 g/mol. The van der Waals surface area contributed by atoms with E-state index in [1.54, 1.807) is 16.9 Å². The van der Waals surface area contributed by atoms with Gasteiger partial charge in [0.15, 0.2) is 5.82 Å². The molecule has 0 aliphatic rings. The summed E-state index contributed by atoms with van der Waals surface area (Å²) in [6.07, 6.45) is 5.02. The molecule has 0 bridgehead atoms. The predicted molar refractivity (Wildman–Crippen MR) is 46.9 cm³/mol. The summed E-state index contributed by atoms with van der Waals surface area (Å²) in [5.74, 6) is 0.752. The van der Waals surface area contributed by atoms with Crippen LogP contribution in [0.2, 0.25) is 0 Å². The Morgan fingerprint density at radius 2 is 2.25 bits per heavy atom. The lowest BCUT2D eigenvalue weighted by Gasteiger charge is -1.98. The third kappa shape index (κ3) is 1.35. The van der Waals surface area contributed by atoms with E-state index in [0.29, 0.717) is 0 Å². The number of hydrogen-bond acceptors (Lipinski definition) is 3. The van der Waals surface area contributed by atoms with Crippen molar-refractivity contribution in [2.75, 3.05) is 0 Å². The van der Waals surface area contributed by atoms with E-state index in [1.807, 2.05) is 12.3 Å². The molecule has 12 heavy (non-hydrogen) atoms. The third-order valence-corrected chi connectivity index (χ3v) is 1.79. The molecule has 0 spiro atoms. The molecule has 0 fully saturated rings. The van der Waals surface area contributed by atoms with Gasteiger partial charge in [0.2, 0.25) is 0 Å². The van der Waals surface area contributed by atoms with Crippen molar-refractivity contribution < 1.29 is 0 Å². The maximum absolute atomic E-state index is 4.04. The zero-order valence-electron chi connectivity index (χ0n) is 6.05. The summed E-state index contributed by atoms with van der Waals surface area (Å²) in [5.41, 5.74) is 0. The molecular formula is C7H5BrN4. The molecule has 2 aromatic rings. The number of nitrogens with zero attached hydrogens (tertiary/aromatic N) is 4. The fraction of sp³-hybridized carbons (Fsp3) is 0. The molecule has 2 aromatic heterocycles. The molecule has 0 amide bonds. The van der Waals surface area contributed by atoms with Crippen molar-refractivity contribution in [1.82, 2.24) is 19.7 Å². The molecule has 0 aliphatic heterocycles. The van der Waals surface area contributed by atoms with Crippen LogP contribution < -0.4 is 0 Å². The minimum Gasteiger partial charge on any atom is -0.229 e. The molecule has 0 N–H and O–H groups in total. The molecule has 0 unspecified atom stereocenters. The van der Waals surface area contributed by atoms with Gasteiger partial charge in [-0.2, -0.15) is 5.10 Å². The van der Waals surface area contributed by atoms with Gasteiger partial charge in [0.05, 0.1) is 0 Å². The van der Waals surface area contributed by atoms with Crippen LogP contribution in [0.3, 0.4) is 0 Å². The molecule has 4 nitrogen and oxygen atoms in total. The van der Waals surface area contributed by atoms with Gasteiger partial charge in [-0.15, -0.1) is 0 Å². The van der Waals surface area contributed by atoms with Crippen LogP contribution in [0.4, 0.5) is 0 Å². The molecule has 0 saturated heterocycles. The van der Waals surface area contributed by atoms with Crippen LogP contribution in [-0.2, 0) is 0 Å². The van der Waals surface area contributed by atoms with Gasteiger partial charge in [-0.25, -0.2) is 14.6 Å². The smallest absolute Gasteiger partial charge is 0.157 e. The van der Waals surface area contributed by atoms with E-state index in [4.69, 9.17) is 0 Å². The largest absolute Gasteiger partial charge is 0.229 e. The summed E-state index contributed by atoms with van der Waals surface area (Å²) >= 11 is 3.26. The van der Waals surface area contributed by atoms with E-state index < -0.39 is 0 Å². The first-order valence-electron chi connectivity index (χ1n) is 3.34. The molecule has 5 heteroatoms. The highest BCUT2D eigenvalue weighted by molar-refractivity contribution is 9.10. The fourth-order valence-electron chi connectivity index (χ4n) is 0.854. The number of rotatable bonds is 1. The number of halogens is 1. The predicted octanol–water partition coefficient (Wildman–Crippen LogP) is 1.42. The average Bonchev–Trinajstić information content (AvgIpc) is 2.56. The molecule has 0 radical (unpaired) electrons. The van der Waals surface area contributed by atoms with Gasteiger partial charge in [-0.05, 0) is 22.0 Å². The van der Waals surface area contributed by atoms with Crippen molar-refractivity contribution in [1.29, 1.82) is 0 Å². The van der Waals surface area contributed by atoms with E-state index in [1.165, 1.54) is 6.33 Å². The maximum atomic E-state index is 4.04. The van der Waals surface area contributed by atoms with Crippen molar-refractivity contribution in [3.8, 4) is 5.82 Å². The highest BCUT2D eigenvalue weighted by Crippen LogP contribution is 2.07. The van der Waals surface area contributed by atoms with Crippen molar-refractivity contribution >= 4 is 15.9 Å². The van der Waals surface area contributed by atoms with Gasteiger partial charge in [-0.1, -0.05) is 0 Å². The van der Waals surface area contributed by atoms with Crippen LogP contribution in [0.25, 0.3) is 5.82 Å². The Labute approximate surface area is 77.4 Å². The quantitative estimate of drug-likeness (QED) is 0.689. The molecule has 0 aromatic carbocycles. The van der Waals surface area contributed by atoms with E-state index in [2.05, 4.69) is 31.0 Å². The van der Waals surface area contributed by atoms with E-state index in [9.17, 15) is 0 Å². The van der Waals surface area contributed by atoms with E-state index in [0.717, 1.165) is 10.4 Å². The SMILES string of the molecule is Brc1cc(-n2cccn2)ncn1. The van der Waals surface area contributed by atoms with Crippen molar-refractivity contribution in [2.24, 2.45) is 0 Å². The average molecular weight is 225 g/mol. The first kappa shape index (κ1) is 7.42. The topological polar surface area (TPSA) is 43.6 Å². The van der Waals surface area contributed by atoms with Crippen LogP contribution in [0, 0.1) is 0 Å². The van der Waals surface area contributed by atoms with Gasteiger partial charge < -0.3 is 0 Å². The normalized spacial score (nSPS) is 10.1.